The van der Waals surface area contributed by atoms with Gasteiger partial charge in [0, 0.05) is 0 Å². The van der Waals surface area contributed by atoms with Crippen molar-refractivity contribution in [3.05, 3.63) is 0 Å². The van der Waals surface area contributed by atoms with Crippen molar-refractivity contribution in [1.82, 2.24) is 0 Å². The van der Waals surface area contributed by atoms with Crippen molar-refractivity contribution in [2.24, 2.45) is 0 Å². The maximum absolute atomic E-state index is 2.66. The number of rotatable bonds is 0. The van der Waals surface area contributed by atoms with Gasteiger partial charge in [0.1, 0.15) is 0 Å². The van der Waals surface area contributed by atoms with E-state index in [2.05, 4.69) is 23.0 Å². The van der Waals surface area contributed by atoms with Crippen molar-refractivity contribution < 1.29 is 0 Å². The van der Waals surface area contributed by atoms with Crippen LogP contribution in [-0.4, -0.2) is 26.5 Å². The Morgan fingerprint density at radius 2 is 0.688 bits per heavy atom. The zero-order valence-electron chi connectivity index (χ0n) is 12.1. The second kappa shape index (κ2) is 6.87. The molecule has 0 saturated carbocycles. The van der Waals surface area contributed by atoms with E-state index in [4.69, 9.17) is 0 Å². The predicted octanol–water partition coefficient (Wildman–Crippen LogP) is 5.76. The minimum atomic E-state index is -1.28. The van der Waals surface area contributed by atoms with Gasteiger partial charge in [-0.15, -0.1) is 0 Å². The van der Waals surface area contributed by atoms with Crippen LogP contribution in [0.1, 0.15) is 38.5 Å². The van der Waals surface area contributed by atoms with Crippen LogP contribution in [0.25, 0.3) is 0 Å². The molecule has 0 atom stereocenters. The fourth-order valence-electron chi connectivity index (χ4n) is 3.02. The molecule has 96 valence electrons. The van der Waals surface area contributed by atoms with Gasteiger partial charge in [-0.25, -0.2) is 0 Å². The molecule has 0 radical (unpaired) electrons. The van der Waals surface area contributed by atoms with E-state index in [1.807, 2.05) is 0 Å². The second-order valence-corrected chi connectivity index (χ2v) is 29.8. The summed E-state index contributed by atoms with van der Waals surface area (Å²) in [6.07, 6.45) is 9.33. The van der Waals surface area contributed by atoms with Crippen molar-refractivity contribution in [3.63, 3.8) is 0 Å². The molecule has 1 saturated heterocycles. The van der Waals surface area contributed by atoms with Crippen molar-refractivity contribution in [2.45, 2.75) is 82.6 Å². The Bertz CT molecular complexity index is 159. The Kier molecular flexibility index (Phi) is 6.50. The maximum atomic E-state index is 2.66. The Balaban J connectivity index is 2.39. The summed E-state index contributed by atoms with van der Waals surface area (Å²) >= 11 is -2.56. The molecule has 16 heavy (non-hydrogen) atoms. The summed E-state index contributed by atoms with van der Waals surface area (Å²) in [4.78, 5) is 0. The first kappa shape index (κ1) is 15.1. The summed E-state index contributed by atoms with van der Waals surface area (Å²) in [7, 11) is 0. The zero-order chi connectivity index (χ0) is 12.1. The van der Waals surface area contributed by atoms with Gasteiger partial charge in [0.05, 0.1) is 0 Å². The summed E-state index contributed by atoms with van der Waals surface area (Å²) in [5, 5.41) is 6.59. The van der Waals surface area contributed by atoms with Gasteiger partial charge in [-0.3, -0.25) is 0 Å². The molecular formula is C14H32Ge2. The van der Waals surface area contributed by atoms with Crippen LogP contribution < -0.4 is 0 Å². The van der Waals surface area contributed by atoms with Gasteiger partial charge in [0.25, 0.3) is 0 Å². The molecule has 1 aliphatic heterocycles. The van der Waals surface area contributed by atoms with Gasteiger partial charge in [-0.2, -0.15) is 0 Å². The third-order valence-electron chi connectivity index (χ3n) is 4.41. The van der Waals surface area contributed by atoms with E-state index in [1.165, 1.54) is 0 Å². The molecule has 0 aromatic rings. The molecule has 0 amide bonds. The first-order valence-corrected chi connectivity index (χ1v) is 21.7. The molecule has 0 unspecified atom stereocenters. The van der Waals surface area contributed by atoms with Crippen LogP contribution in [0, 0.1) is 0 Å². The molecule has 1 rings (SSSR count). The van der Waals surface area contributed by atoms with Crippen LogP contribution in [0.5, 0.6) is 0 Å². The predicted molar refractivity (Wildman–Crippen MR) is 81.9 cm³/mol. The molecule has 0 aliphatic carbocycles. The van der Waals surface area contributed by atoms with Gasteiger partial charge in [0.2, 0.25) is 0 Å². The normalized spacial score (nSPS) is 27.8. The van der Waals surface area contributed by atoms with Gasteiger partial charge >= 0.3 is 109 Å². The first-order chi connectivity index (χ1) is 7.41. The van der Waals surface area contributed by atoms with E-state index in [0.717, 1.165) is 0 Å². The Labute approximate surface area is 109 Å². The third-order valence-corrected chi connectivity index (χ3v) is 18.7. The summed E-state index contributed by atoms with van der Waals surface area (Å²) in [5.74, 6) is 10.6. The van der Waals surface area contributed by atoms with Gasteiger partial charge in [-0.1, -0.05) is 0 Å². The van der Waals surface area contributed by atoms with Crippen molar-refractivity contribution in [1.29, 1.82) is 0 Å². The molecule has 0 bridgehead atoms. The van der Waals surface area contributed by atoms with Gasteiger partial charge in [-0.05, 0) is 0 Å². The van der Waals surface area contributed by atoms with Crippen molar-refractivity contribution in [3.8, 4) is 0 Å². The Morgan fingerprint density at radius 3 is 0.938 bits per heavy atom. The monoisotopic (exact) mass is 348 g/mol. The summed E-state index contributed by atoms with van der Waals surface area (Å²) < 4.78 is 0. The van der Waals surface area contributed by atoms with Crippen LogP contribution in [0.4, 0.5) is 0 Å². The standard InChI is InChI=1S/C14H32Ge2/c1-15(2)11-7-5-9-13-16(3,4)14-10-6-8-12-15/h5-14H2,1-4H3. The molecule has 1 heterocycles. The number of hydrogen-bond donors (Lipinski definition) is 0. The van der Waals surface area contributed by atoms with E-state index in [0.29, 0.717) is 0 Å². The third kappa shape index (κ3) is 6.73. The Hall–Kier alpha value is 1.09. The zero-order valence-corrected chi connectivity index (χ0v) is 16.3. The topological polar surface area (TPSA) is 0 Å². The fraction of sp³-hybridized carbons (Fsp3) is 1.00. The first-order valence-electron chi connectivity index (χ1n) is 7.41. The van der Waals surface area contributed by atoms with Gasteiger partial charge in [0.15, 0.2) is 0 Å². The molecule has 2 heteroatoms. The van der Waals surface area contributed by atoms with Crippen LogP contribution >= 0.6 is 0 Å². The van der Waals surface area contributed by atoms with Crippen molar-refractivity contribution >= 4 is 26.5 Å². The summed E-state index contributed by atoms with van der Waals surface area (Å²) in [5.41, 5.74) is 0. The van der Waals surface area contributed by atoms with Crippen LogP contribution in [-0.2, 0) is 0 Å². The molecule has 0 aromatic heterocycles. The van der Waals surface area contributed by atoms with Crippen LogP contribution in [0.2, 0.25) is 44.0 Å². The molecular weight excluding hydrogens is 313 g/mol. The van der Waals surface area contributed by atoms with Crippen LogP contribution in [0.3, 0.4) is 0 Å². The van der Waals surface area contributed by atoms with Gasteiger partial charge < -0.3 is 0 Å². The average Bonchev–Trinajstić information content (AvgIpc) is 2.14. The summed E-state index contributed by atoms with van der Waals surface area (Å²) in [6, 6.07) is 0. The minimum absolute atomic E-state index is 1.28. The SMILES string of the molecule is [CH3][Ge]1([CH3])[CH2]CCC[CH2][Ge]([CH3])([CH3])[CH2]CCC[CH2]1. The van der Waals surface area contributed by atoms with Crippen LogP contribution in [0.15, 0.2) is 0 Å². The number of hydrogen-bond acceptors (Lipinski definition) is 0. The Morgan fingerprint density at radius 1 is 0.438 bits per heavy atom. The summed E-state index contributed by atoms with van der Waals surface area (Å²) in [6.45, 7) is 0. The fourth-order valence-corrected chi connectivity index (χ4v) is 14.2. The second-order valence-electron chi connectivity index (χ2n) is 7.45. The van der Waals surface area contributed by atoms with Crippen molar-refractivity contribution in [2.75, 3.05) is 0 Å². The average molecular weight is 346 g/mol. The molecule has 1 aliphatic rings. The van der Waals surface area contributed by atoms with E-state index < -0.39 is 26.5 Å². The molecule has 0 spiro atoms. The van der Waals surface area contributed by atoms with E-state index in [1.54, 1.807) is 59.5 Å². The molecule has 1 fully saturated rings. The van der Waals surface area contributed by atoms with E-state index >= 15 is 0 Å². The quantitative estimate of drug-likeness (QED) is 0.490. The molecule has 0 N–H and O–H groups in total. The molecule has 0 nitrogen and oxygen atoms in total. The van der Waals surface area contributed by atoms with E-state index in [-0.39, 0.29) is 0 Å². The molecule has 0 aromatic carbocycles. The van der Waals surface area contributed by atoms with E-state index in [9.17, 15) is 0 Å².